The predicted molar refractivity (Wildman–Crippen MR) is 101 cm³/mol. The Labute approximate surface area is 163 Å². The molecule has 0 spiro atoms. The fraction of sp³-hybridized carbons (Fsp3) is 0.286. The highest BCUT2D eigenvalue weighted by Crippen LogP contribution is 2.28. The van der Waals surface area contributed by atoms with Crippen LogP contribution in [0.4, 0.5) is 0 Å². The van der Waals surface area contributed by atoms with Crippen LogP contribution in [-0.4, -0.2) is 34.7 Å². The van der Waals surface area contributed by atoms with Crippen LogP contribution in [0.5, 0.6) is 5.75 Å². The molecule has 2 N–H and O–H groups in total. The van der Waals surface area contributed by atoms with Crippen LogP contribution in [0.1, 0.15) is 39.5 Å². The minimum atomic E-state index is -1.06. The largest absolute Gasteiger partial charge is 0.508 e. The molecule has 0 fully saturated rings. The van der Waals surface area contributed by atoms with Crippen LogP contribution < -0.4 is 5.32 Å². The third-order valence-electron chi connectivity index (χ3n) is 4.73. The van der Waals surface area contributed by atoms with Crippen molar-refractivity contribution in [2.75, 3.05) is 6.61 Å². The molecular weight excluding hydrogens is 358 g/mol. The highest BCUT2D eigenvalue weighted by molar-refractivity contribution is 6.01. The van der Waals surface area contributed by atoms with Gasteiger partial charge in [0.2, 0.25) is 6.23 Å². The quantitative estimate of drug-likeness (QED) is 0.801. The number of benzene rings is 2. The third-order valence-corrected chi connectivity index (χ3v) is 4.73. The third kappa shape index (κ3) is 3.68. The summed E-state index contributed by atoms with van der Waals surface area (Å²) in [5, 5.41) is 21.5. The highest BCUT2D eigenvalue weighted by atomic mass is 16.5. The van der Waals surface area contributed by atoms with E-state index in [2.05, 4.69) is 5.32 Å². The molecule has 0 radical (unpaired) electrons. The number of aromatic hydroxyl groups is 1. The number of phenols is 1. The summed E-state index contributed by atoms with van der Waals surface area (Å²) in [5.74, 6) is -0.787. The summed E-state index contributed by atoms with van der Waals surface area (Å²) in [6.07, 6.45) is -1.06. The van der Waals surface area contributed by atoms with Gasteiger partial charge in [-0.3, -0.25) is 9.59 Å². The van der Waals surface area contributed by atoms with Crippen LogP contribution in [0.3, 0.4) is 0 Å². The van der Waals surface area contributed by atoms with Crippen LogP contribution in [-0.2, 0) is 22.6 Å². The molecule has 0 unspecified atom stereocenters. The molecule has 0 saturated carbocycles. The van der Waals surface area contributed by atoms with Crippen LogP contribution in [0, 0.1) is 18.3 Å². The molecule has 1 aliphatic rings. The van der Waals surface area contributed by atoms with E-state index in [0.29, 0.717) is 23.2 Å². The van der Waals surface area contributed by atoms with Crippen molar-refractivity contribution in [3.63, 3.8) is 0 Å². The van der Waals surface area contributed by atoms with Gasteiger partial charge in [0.05, 0.1) is 18.2 Å². The number of aryl methyl sites for hydroxylation is 1. The van der Waals surface area contributed by atoms with Crippen molar-refractivity contribution in [3.05, 3.63) is 64.2 Å². The van der Waals surface area contributed by atoms with Gasteiger partial charge in [0.25, 0.3) is 11.8 Å². The molecule has 144 valence electrons. The van der Waals surface area contributed by atoms with Crippen LogP contribution in [0.15, 0.2) is 36.4 Å². The van der Waals surface area contributed by atoms with Gasteiger partial charge in [-0.1, -0.05) is 18.2 Å². The van der Waals surface area contributed by atoms with E-state index in [0.717, 1.165) is 11.1 Å². The number of amides is 2. The Kier molecular flexibility index (Phi) is 5.62. The number of carbonyl (C=O) groups is 2. The van der Waals surface area contributed by atoms with E-state index in [1.54, 1.807) is 25.1 Å². The molecule has 2 amide bonds. The zero-order valence-electron chi connectivity index (χ0n) is 15.7. The fourth-order valence-electron chi connectivity index (χ4n) is 3.22. The summed E-state index contributed by atoms with van der Waals surface area (Å²) in [5.41, 5.74) is 3.27. The summed E-state index contributed by atoms with van der Waals surface area (Å²) in [4.78, 5) is 26.9. The van der Waals surface area contributed by atoms with Gasteiger partial charge in [-0.25, -0.2) is 0 Å². The van der Waals surface area contributed by atoms with Crippen molar-refractivity contribution >= 4 is 11.8 Å². The first-order chi connectivity index (χ1) is 13.5. The van der Waals surface area contributed by atoms with Crippen LogP contribution in [0.25, 0.3) is 0 Å². The van der Waals surface area contributed by atoms with Gasteiger partial charge >= 0.3 is 0 Å². The van der Waals surface area contributed by atoms with E-state index in [1.807, 2.05) is 25.1 Å². The minimum absolute atomic E-state index is 0.0496. The molecule has 0 saturated heterocycles. The van der Waals surface area contributed by atoms with E-state index >= 15 is 0 Å². The first kappa shape index (κ1) is 19.4. The van der Waals surface area contributed by atoms with Crippen LogP contribution in [0.2, 0.25) is 0 Å². The van der Waals surface area contributed by atoms with Gasteiger partial charge in [0.15, 0.2) is 0 Å². The Hall–Kier alpha value is -3.37. The first-order valence-corrected chi connectivity index (χ1v) is 8.97. The molecule has 28 heavy (non-hydrogen) atoms. The lowest BCUT2D eigenvalue weighted by Crippen LogP contribution is -2.48. The lowest BCUT2D eigenvalue weighted by Gasteiger charge is -2.26. The molecule has 0 aromatic heterocycles. The Morgan fingerprint density at radius 3 is 2.82 bits per heavy atom. The Balaban J connectivity index is 1.74. The molecule has 1 atom stereocenters. The Morgan fingerprint density at radius 2 is 2.18 bits per heavy atom. The number of phenolic OH excluding ortho intramolecular Hbond substituents is 1. The number of nitrogens with zero attached hydrogens (tertiary/aromatic N) is 2. The van der Waals surface area contributed by atoms with E-state index in [-0.39, 0.29) is 24.8 Å². The molecule has 1 heterocycles. The molecule has 2 aromatic carbocycles. The normalized spacial score (nSPS) is 13.8. The predicted octanol–water partition coefficient (Wildman–Crippen LogP) is 2.21. The summed E-state index contributed by atoms with van der Waals surface area (Å²) >= 11 is 0. The summed E-state index contributed by atoms with van der Waals surface area (Å²) in [6, 6.07) is 11.9. The van der Waals surface area contributed by atoms with Crippen molar-refractivity contribution < 1.29 is 19.4 Å². The average molecular weight is 379 g/mol. The maximum absolute atomic E-state index is 12.8. The van der Waals surface area contributed by atoms with E-state index in [9.17, 15) is 14.7 Å². The number of nitrogens with one attached hydrogen (secondary N) is 1. The lowest BCUT2D eigenvalue weighted by atomic mass is 10.1. The topological polar surface area (TPSA) is 103 Å². The lowest BCUT2D eigenvalue weighted by molar-refractivity contribution is -0.143. The smallest absolute Gasteiger partial charge is 0.270 e. The van der Waals surface area contributed by atoms with Gasteiger partial charge in [-0.2, -0.15) is 5.26 Å². The standard InChI is InChI=1S/C21H21N3O4/c1-3-28-21(24-12-17-13(2)5-4-6-16(17)20(24)27)19(26)23-11-15-8-7-14(10-22)9-18(15)25/h4-9,21,25H,3,11-12H2,1-2H3,(H,23,26)/t21-/m0/s1. The maximum atomic E-state index is 12.8. The van der Waals surface area contributed by atoms with E-state index < -0.39 is 12.1 Å². The van der Waals surface area contributed by atoms with Gasteiger partial charge < -0.3 is 20.1 Å². The van der Waals surface area contributed by atoms with Crippen molar-refractivity contribution in [2.24, 2.45) is 0 Å². The van der Waals surface area contributed by atoms with E-state index in [4.69, 9.17) is 10.00 Å². The maximum Gasteiger partial charge on any atom is 0.270 e. The highest BCUT2D eigenvalue weighted by Gasteiger charge is 2.37. The number of nitriles is 1. The number of carbonyl (C=O) groups excluding carboxylic acids is 2. The second-order valence-electron chi connectivity index (χ2n) is 6.51. The second kappa shape index (κ2) is 8.11. The van der Waals surface area contributed by atoms with Gasteiger partial charge in [0.1, 0.15) is 5.75 Å². The number of fused-ring (bicyclic) bond motifs is 1. The first-order valence-electron chi connectivity index (χ1n) is 8.97. The molecule has 7 heteroatoms. The van der Waals surface area contributed by atoms with Gasteiger partial charge in [0, 0.05) is 24.3 Å². The molecular formula is C21H21N3O4. The molecule has 0 aliphatic carbocycles. The fourth-order valence-corrected chi connectivity index (χ4v) is 3.22. The van der Waals surface area contributed by atoms with Crippen molar-refractivity contribution in [3.8, 4) is 11.8 Å². The van der Waals surface area contributed by atoms with Gasteiger partial charge in [-0.15, -0.1) is 0 Å². The van der Waals surface area contributed by atoms with E-state index in [1.165, 1.54) is 11.0 Å². The Bertz CT molecular complexity index is 965. The number of hydrogen-bond acceptors (Lipinski definition) is 5. The minimum Gasteiger partial charge on any atom is -0.508 e. The summed E-state index contributed by atoms with van der Waals surface area (Å²) in [7, 11) is 0. The molecule has 2 aromatic rings. The van der Waals surface area contributed by atoms with Crippen molar-refractivity contribution in [2.45, 2.75) is 33.2 Å². The number of hydrogen-bond donors (Lipinski definition) is 2. The monoisotopic (exact) mass is 379 g/mol. The zero-order valence-corrected chi connectivity index (χ0v) is 15.7. The molecule has 0 bridgehead atoms. The Morgan fingerprint density at radius 1 is 1.39 bits per heavy atom. The average Bonchev–Trinajstić information content (AvgIpc) is 3.02. The van der Waals surface area contributed by atoms with Crippen molar-refractivity contribution in [1.82, 2.24) is 10.2 Å². The van der Waals surface area contributed by atoms with Gasteiger partial charge in [-0.05, 0) is 43.2 Å². The van der Waals surface area contributed by atoms with Crippen LogP contribution >= 0.6 is 0 Å². The zero-order chi connectivity index (χ0) is 20.3. The SMILES string of the molecule is CCO[C@@H](C(=O)NCc1ccc(C#N)cc1O)N1Cc2c(C)cccc2C1=O. The summed E-state index contributed by atoms with van der Waals surface area (Å²) < 4.78 is 5.57. The molecule has 1 aliphatic heterocycles. The molecule has 3 rings (SSSR count). The molecule has 7 nitrogen and oxygen atoms in total. The summed E-state index contributed by atoms with van der Waals surface area (Å²) in [6.45, 7) is 4.30. The second-order valence-corrected chi connectivity index (χ2v) is 6.51. The van der Waals surface area contributed by atoms with Crippen molar-refractivity contribution in [1.29, 1.82) is 5.26 Å². The number of rotatable bonds is 6. The number of ether oxygens (including phenoxy) is 1.